The minimum absolute atomic E-state index is 0.0302. The number of hydrogen-bond acceptors (Lipinski definition) is 5. The van der Waals surface area contributed by atoms with Gasteiger partial charge in [0.2, 0.25) is 11.8 Å². The van der Waals surface area contributed by atoms with Gasteiger partial charge in [-0.2, -0.15) is 0 Å². The van der Waals surface area contributed by atoms with E-state index in [0.717, 1.165) is 11.1 Å². The Morgan fingerprint density at radius 1 is 1.09 bits per heavy atom. The molecule has 0 unspecified atom stereocenters. The Balaban J connectivity index is 2.07. The third kappa shape index (κ3) is 8.16. The average molecular weight is 478 g/mol. The maximum absolute atomic E-state index is 13.1. The fraction of sp³-hybridized carbons (Fsp3) is 0.391. The Hall–Kier alpha value is -2.58. The third-order valence-electron chi connectivity index (χ3n) is 4.57. The molecule has 7 nitrogen and oxygen atoms in total. The Kier molecular flexibility index (Phi) is 9.09. The van der Waals surface area contributed by atoms with E-state index in [1.165, 1.54) is 23.9 Å². The lowest BCUT2D eigenvalue weighted by Crippen LogP contribution is -2.52. The average Bonchev–Trinajstić information content (AvgIpc) is 2.72. The number of nitrogens with one attached hydrogen (secondary N) is 1. The van der Waals surface area contributed by atoms with Crippen molar-refractivity contribution in [2.75, 3.05) is 5.75 Å². The first-order valence-corrected chi connectivity index (χ1v) is 11.7. The highest BCUT2D eigenvalue weighted by Gasteiger charge is 2.28. The molecule has 2 amide bonds. The number of thioether (sulfide) groups is 1. The van der Waals surface area contributed by atoms with Gasteiger partial charge in [-0.1, -0.05) is 35.9 Å². The predicted molar refractivity (Wildman–Crippen MR) is 129 cm³/mol. The minimum Gasteiger partial charge on any atom is -0.350 e. The zero-order valence-corrected chi connectivity index (χ0v) is 20.2. The largest absolute Gasteiger partial charge is 0.350 e. The van der Waals surface area contributed by atoms with Crippen molar-refractivity contribution in [2.24, 2.45) is 0 Å². The SMILES string of the molecule is C[C@@H](C(=O)NC(C)(C)C)N(Cc1ccc(Cl)cc1)C(=O)CSCc1ccc([N+](=O)[O-])cc1. The molecule has 9 heteroatoms. The lowest BCUT2D eigenvalue weighted by molar-refractivity contribution is -0.384. The molecular formula is C23H28ClN3O4S. The van der Waals surface area contributed by atoms with Crippen molar-refractivity contribution in [1.82, 2.24) is 10.2 Å². The molecule has 32 heavy (non-hydrogen) atoms. The number of nitro benzene ring substituents is 1. The first kappa shape index (κ1) is 25.7. The standard InChI is InChI=1S/C23H28ClN3O4S/c1-16(22(29)25-23(2,3)4)26(13-17-5-9-19(24)10-6-17)21(28)15-32-14-18-7-11-20(12-8-18)27(30)31/h5-12,16H,13-15H2,1-4H3,(H,25,29)/t16-/m0/s1. The van der Waals surface area contributed by atoms with Crippen LogP contribution in [-0.4, -0.2) is 39.0 Å². The molecule has 0 saturated carbocycles. The van der Waals surface area contributed by atoms with Crippen LogP contribution in [0.3, 0.4) is 0 Å². The maximum Gasteiger partial charge on any atom is 0.269 e. The Morgan fingerprint density at radius 2 is 1.66 bits per heavy atom. The quantitative estimate of drug-likeness (QED) is 0.413. The van der Waals surface area contributed by atoms with Crippen molar-refractivity contribution in [3.8, 4) is 0 Å². The van der Waals surface area contributed by atoms with Crippen LogP contribution >= 0.6 is 23.4 Å². The van der Waals surface area contributed by atoms with E-state index in [-0.39, 0.29) is 29.8 Å². The van der Waals surface area contributed by atoms with E-state index in [4.69, 9.17) is 11.6 Å². The van der Waals surface area contributed by atoms with Crippen LogP contribution in [0.25, 0.3) is 0 Å². The molecule has 0 aliphatic carbocycles. The number of carbonyl (C=O) groups is 2. The van der Waals surface area contributed by atoms with Gasteiger partial charge in [-0.05, 0) is 51.0 Å². The van der Waals surface area contributed by atoms with E-state index in [0.29, 0.717) is 10.8 Å². The summed E-state index contributed by atoms with van der Waals surface area (Å²) in [6.07, 6.45) is 0. The summed E-state index contributed by atoms with van der Waals surface area (Å²) in [5, 5.41) is 14.3. The Labute approximate surface area is 197 Å². The van der Waals surface area contributed by atoms with Gasteiger partial charge in [-0.3, -0.25) is 19.7 Å². The van der Waals surface area contributed by atoms with Crippen LogP contribution in [-0.2, 0) is 21.9 Å². The van der Waals surface area contributed by atoms with Crippen molar-refractivity contribution in [3.63, 3.8) is 0 Å². The van der Waals surface area contributed by atoms with Crippen molar-refractivity contribution in [1.29, 1.82) is 0 Å². The van der Waals surface area contributed by atoms with Crippen LogP contribution in [0.1, 0.15) is 38.8 Å². The number of nitro groups is 1. The van der Waals surface area contributed by atoms with Gasteiger partial charge in [0.1, 0.15) is 6.04 Å². The number of hydrogen-bond donors (Lipinski definition) is 1. The fourth-order valence-electron chi connectivity index (χ4n) is 2.90. The molecule has 0 aliphatic rings. The van der Waals surface area contributed by atoms with Crippen molar-refractivity contribution < 1.29 is 14.5 Å². The molecule has 0 aliphatic heterocycles. The summed E-state index contributed by atoms with van der Waals surface area (Å²) in [5.74, 6) is 0.322. The molecule has 2 aromatic rings. The summed E-state index contributed by atoms with van der Waals surface area (Å²) in [7, 11) is 0. The topological polar surface area (TPSA) is 92.6 Å². The highest BCUT2D eigenvalue weighted by Crippen LogP contribution is 2.19. The van der Waals surface area contributed by atoms with Crippen LogP contribution in [0.4, 0.5) is 5.69 Å². The molecular weight excluding hydrogens is 450 g/mol. The van der Waals surface area contributed by atoms with Gasteiger partial charge >= 0.3 is 0 Å². The number of amides is 2. The second-order valence-electron chi connectivity index (χ2n) is 8.48. The van der Waals surface area contributed by atoms with Crippen LogP contribution in [0.15, 0.2) is 48.5 Å². The summed E-state index contributed by atoms with van der Waals surface area (Å²) < 4.78 is 0. The van der Waals surface area contributed by atoms with E-state index in [2.05, 4.69) is 5.32 Å². The van der Waals surface area contributed by atoms with Crippen molar-refractivity contribution in [3.05, 3.63) is 74.8 Å². The molecule has 0 fully saturated rings. The van der Waals surface area contributed by atoms with Gasteiger partial charge in [0, 0.05) is 35.0 Å². The van der Waals surface area contributed by atoms with E-state index in [1.807, 2.05) is 32.9 Å². The van der Waals surface area contributed by atoms with Crippen LogP contribution < -0.4 is 5.32 Å². The number of benzene rings is 2. The molecule has 0 aromatic heterocycles. The van der Waals surface area contributed by atoms with Crippen LogP contribution in [0, 0.1) is 10.1 Å². The number of non-ortho nitro benzene ring substituents is 1. The number of halogens is 1. The van der Waals surface area contributed by atoms with E-state index >= 15 is 0 Å². The minimum atomic E-state index is -0.655. The van der Waals surface area contributed by atoms with E-state index < -0.39 is 16.5 Å². The second kappa shape index (κ2) is 11.3. The summed E-state index contributed by atoms with van der Waals surface area (Å²) in [6.45, 7) is 7.68. The molecule has 0 bridgehead atoms. The summed E-state index contributed by atoms with van der Waals surface area (Å²) in [4.78, 5) is 37.7. The summed E-state index contributed by atoms with van der Waals surface area (Å²) in [6, 6.07) is 12.8. The first-order valence-electron chi connectivity index (χ1n) is 10.1. The predicted octanol–water partition coefficient (Wildman–Crippen LogP) is 4.81. The van der Waals surface area contributed by atoms with E-state index in [9.17, 15) is 19.7 Å². The van der Waals surface area contributed by atoms with Crippen LogP contribution in [0.5, 0.6) is 0 Å². The van der Waals surface area contributed by atoms with Gasteiger partial charge in [-0.15, -0.1) is 11.8 Å². The Morgan fingerprint density at radius 3 is 2.19 bits per heavy atom. The smallest absolute Gasteiger partial charge is 0.269 e. The lowest BCUT2D eigenvalue weighted by Gasteiger charge is -2.31. The Bertz CT molecular complexity index is 943. The van der Waals surface area contributed by atoms with Crippen molar-refractivity contribution >= 4 is 40.9 Å². The summed E-state index contributed by atoms with van der Waals surface area (Å²) >= 11 is 7.36. The maximum atomic E-state index is 13.1. The van der Waals surface area contributed by atoms with Crippen LogP contribution in [0.2, 0.25) is 5.02 Å². The monoisotopic (exact) mass is 477 g/mol. The zero-order valence-electron chi connectivity index (χ0n) is 18.6. The van der Waals surface area contributed by atoms with Gasteiger partial charge in [0.25, 0.3) is 5.69 Å². The highest BCUT2D eigenvalue weighted by molar-refractivity contribution is 7.99. The second-order valence-corrected chi connectivity index (χ2v) is 9.90. The number of carbonyl (C=O) groups excluding carboxylic acids is 2. The zero-order chi connectivity index (χ0) is 23.9. The molecule has 0 spiro atoms. The molecule has 2 aromatic carbocycles. The lowest BCUT2D eigenvalue weighted by atomic mass is 10.1. The van der Waals surface area contributed by atoms with Gasteiger partial charge in [0.15, 0.2) is 0 Å². The van der Waals surface area contributed by atoms with Crippen molar-refractivity contribution in [2.45, 2.75) is 51.6 Å². The third-order valence-corrected chi connectivity index (χ3v) is 5.81. The fourth-order valence-corrected chi connectivity index (χ4v) is 3.89. The van der Waals surface area contributed by atoms with Gasteiger partial charge < -0.3 is 10.2 Å². The molecule has 2 rings (SSSR count). The molecule has 1 N–H and O–H groups in total. The first-order chi connectivity index (χ1) is 15.0. The van der Waals surface area contributed by atoms with E-state index in [1.54, 1.807) is 36.1 Å². The summed E-state index contributed by atoms with van der Waals surface area (Å²) in [5.41, 5.74) is 1.38. The number of rotatable bonds is 9. The van der Waals surface area contributed by atoms with Gasteiger partial charge in [0.05, 0.1) is 10.7 Å². The molecule has 0 saturated heterocycles. The molecule has 1 atom stereocenters. The normalized spacial score (nSPS) is 12.2. The van der Waals surface area contributed by atoms with Gasteiger partial charge in [-0.25, -0.2) is 0 Å². The molecule has 172 valence electrons. The molecule has 0 heterocycles. The highest BCUT2D eigenvalue weighted by atomic mass is 35.5. The number of nitrogens with zero attached hydrogens (tertiary/aromatic N) is 2. The molecule has 0 radical (unpaired) electrons.